The number of rotatable bonds is 6. The van der Waals surface area contributed by atoms with Crippen LogP contribution in [0, 0.1) is 12.7 Å². The van der Waals surface area contributed by atoms with Gasteiger partial charge in [0.1, 0.15) is 13.2 Å². The molecule has 5 nitrogen and oxygen atoms in total. The van der Waals surface area contributed by atoms with E-state index in [1.807, 2.05) is 5.43 Å². The van der Waals surface area contributed by atoms with Gasteiger partial charge in [-0.05, 0) is 6.92 Å². The molecular formula is C9H11F5N4O. The summed E-state index contributed by atoms with van der Waals surface area (Å²) < 4.78 is 66.4. The van der Waals surface area contributed by atoms with Crippen LogP contribution in [0.15, 0.2) is 0 Å². The van der Waals surface area contributed by atoms with E-state index in [-0.39, 0.29) is 17.3 Å². The number of hydrogen-bond acceptors (Lipinski definition) is 5. The second-order valence-corrected chi connectivity index (χ2v) is 3.59. The fourth-order valence-corrected chi connectivity index (χ4v) is 1.12. The van der Waals surface area contributed by atoms with Crippen LogP contribution >= 0.6 is 0 Å². The van der Waals surface area contributed by atoms with E-state index in [0.717, 1.165) is 0 Å². The van der Waals surface area contributed by atoms with Gasteiger partial charge in [-0.25, -0.2) is 29.0 Å². The molecule has 0 fully saturated rings. The Bertz CT molecular complexity index is 443. The van der Waals surface area contributed by atoms with E-state index < -0.39 is 31.4 Å². The third kappa shape index (κ3) is 3.96. The van der Waals surface area contributed by atoms with Crippen molar-refractivity contribution >= 4 is 5.82 Å². The number of nitrogens with zero attached hydrogens (tertiary/aromatic N) is 2. The molecule has 0 spiro atoms. The molecule has 19 heavy (non-hydrogen) atoms. The minimum Gasteiger partial charge on any atom is -0.367 e. The summed E-state index contributed by atoms with van der Waals surface area (Å²) in [6.07, 6.45) is -3.83. The van der Waals surface area contributed by atoms with Crippen molar-refractivity contribution in [3.05, 3.63) is 17.3 Å². The lowest BCUT2D eigenvalue weighted by Gasteiger charge is -2.15. The quantitative estimate of drug-likeness (QED) is 0.472. The molecule has 0 aliphatic heterocycles. The Hall–Kier alpha value is -1.55. The van der Waals surface area contributed by atoms with Gasteiger partial charge >= 0.3 is 12.3 Å². The van der Waals surface area contributed by atoms with E-state index in [9.17, 15) is 22.0 Å². The predicted octanol–water partition coefficient (Wildman–Crippen LogP) is 1.63. The van der Waals surface area contributed by atoms with Crippen molar-refractivity contribution in [3.8, 4) is 0 Å². The first-order valence-electron chi connectivity index (χ1n) is 5.01. The first-order chi connectivity index (χ1) is 8.77. The van der Waals surface area contributed by atoms with E-state index in [2.05, 4.69) is 14.7 Å². The smallest absolute Gasteiger partial charge is 0.330 e. The Morgan fingerprint density at radius 2 is 2.00 bits per heavy atom. The molecule has 0 aromatic carbocycles. The summed E-state index contributed by atoms with van der Waals surface area (Å²) in [5, 5.41) is 0. The van der Waals surface area contributed by atoms with Crippen LogP contribution in [0.3, 0.4) is 0 Å². The number of anilines is 1. The molecule has 0 amide bonds. The number of nitrogens with one attached hydrogen (secondary N) is 1. The highest BCUT2D eigenvalue weighted by molar-refractivity contribution is 5.36. The van der Waals surface area contributed by atoms with Gasteiger partial charge in [-0.15, -0.1) is 0 Å². The topological polar surface area (TPSA) is 73.1 Å². The van der Waals surface area contributed by atoms with Gasteiger partial charge in [0.15, 0.2) is 17.5 Å². The molecular weight excluding hydrogens is 275 g/mol. The largest absolute Gasteiger partial charge is 0.367 e. The predicted molar refractivity (Wildman–Crippen MR) is 55.1 cm³/mol. The molecule has 0 atom stereocenters. The Morgan fingerprint density at radius 3 is 2.53 bits per heavy atom. The molecule has 0 aliphatic carbocycles. The van der Waals surface area contributed by atoms with Crippen molar-refractivity contribution in [1.82, 2.24) is 9.97 Å². The van der Waals surface area contributed by atoms with Crippen LogP contribution in [-0.4, -0.2) is 28.9 Å². The van der Waals surface area contributed by atoms with Crippen molar-refractivity contribution in [2.24, 2.45) is 5.84 Å². The molecule has 0 radical (unpaired) electrons. The zero-order valence-corrected chi connectivity index (χ0v) is 9.76. The first-order valence-corrected chi connectivity index (χ1v) is 5.01. The van der Waals surface area contributed by atoms with Crippen molar-refractivity contribution in [2.45, 2.75) is 25.9 Å². The van der Waals surface area contributed by atoms with E-state index in [1.54, 1.807) is 0 Å². The first kappa shape index (κ1) is 15.5. The summed E-state index contributed by atoms with van der Waals surface area (Å²) in [5.41, 5.74) is 1.87. The average molecular weight is 286 g/mol. The van der Waals surface area contributed by atoms with Gasteiger partial charge in [0, 0.05) is 0 Å². The fraction of sp³-hybridized carbons (Fsp3) is 0.556. The second-order valence-electron chi connectivity index (χ2n) is 3.59. The lowest BCUT2D eigenvalue weighted by molar-refractivity contribution is -0.168. The van der Waals surface area contributed by atoms with Crippen molar-refractivity contribution in [2.75, 3.05) is 12.0 Å². The summed E-state index contributed by atoms with van der Waals surface area (Å²) in [4.78, 5) is 7.14. The molecule has 0 aliphatic rings. The lowest BCUT2D eigenvalue weighted by atomic mass is 10.4. The highest BCUT2D eigenvalue weighted by atomic mass is 19.3. The Labute approximate surface area is 104 Å². The maximum Gasteiger partial charge on any atom is 0.330 e. The zero-order chi connectivity index (χ0) is 14.6. The number of alkyl halides is 4. The molecule has 1 aromatic rings. The van der Waals surface area contributed by atoms with E-state index in [0.29, 0.717) is 0 Å². The maximum atomic E-state index is 13.3. The van der Waals surface area contributed by atoms with Crippen LogP contribution < -0.4 is 11.3 Å². The standard InChI is InChI=1S/C9H11F5N4O/c1-4-6(10)7(18-15)17-5(16-4)2-19-3-9(13,14)8(11)12/h8H,2-3,15H2,1H3,(H,16,17,18). The summed E-state index contributed by atoms with van der Waals surface area (Å²) in [6, 6.07) is 0. The van der Waals surface area contributed by atoms with Gasteiger partial charge in [0.25, 0.3) is 0 Å². The third-order valence-corrected chi connectivity index (χ3v) is 2.04. The van der Waals surface area contributed by atoms with Gasteiger partial charge in [0.05, 0.1) is 5.69 Å². The molecule has 1 heterocycles. The second kappa shape index (κ2) is 6.06. The molecule has 1 aromatic heterocycles. The monoisotopic (exact) mass is 286 g/mol. The maximum absolute atomic E-state index is 13.3. The van der Waals surface area contributed by atoms with Crippen LogP contribution in [0.25, 0.3) is 0 Å². The number of aromatic nitrogens is 2. The van der Waals surface area contributed by atoms with Gasteiger partial charge in [-0.2, -0.15) is 8.78 Å². The van der Waals surface area contributed by atoms with Crippen LogP contribution in [0.5, 0.6) is 0 Å². The Kier molecular flexibility index (Phi) is 4.95. The number of hydrogen-bond donors (Lipinski definition) is 2. The fourth-order valence-electron chi connectivity index (χ4n) is 1.12. The van der Waals surface area contributed by atoms with Crippen LogP contribution in [0.1, 0.15) is 11.5 Å². The number of ether oxygens (including phenoxy) is 1. The highest BCUT2D eigenvalue weighted by Crippen LogP contribution is 2.23. The van der Waals surface area contributed by atoms with Crippen LogP contribution in [-0.2, 0) is 11.3 Å². The summed E-state index contributed by atoms with van der Waals surface area (Å²) in [7, 11) is 0. The molecule has 0 saturated heterocycles. The number of hydrazine groups is 1. The van der Waals surface area contributed by atoms with E-state index >= 15 is 0 Å². The Balaban J connectivity index is 2.67. The molecule has 10 heteroatoms. The molecule has 0 unspecified atom stereocenters. The van der Waals surface area contributed by atoms with Crippen molar-refractivity contribution < 1.29 is 26.7 Å². The molecule has 1 rings (SSSR count). The summed E-state index contributed by atoms with van der Waals surface area (Å²) >= 11 is 0. The number of nitrogen functional groups attached to an aromatic ring is 1. The summed E-state index contributed by atoms with van der Waals surface area (Å²) in [5.74, 6) is -0.572. The van der Waals surface area contributed by atoms with Gasteiger partial charge in [-0.3, -0.25) is 0 Å². The number of halogens is 5. The van der Waals surface area contributed by atoms with Crippen molar-refractivity contribution in [3.63, 3.8) is 0 Å². The SMILES string of the molecule is Cc1nc(COCC(F)(F)C(F)F)nc(NN)c1F. The minimum atomic E-state index is -4.26. The number of aryl methyl sites for hydroxylation is 1. The van der Waals surface area contributed by atoms with E-state index in [4.69, 9.17) is 5.84 Å². The third-order valence-electron chi connectivity index (χ3n) is 2.04. The zero-order valence-electron chi connectivity index (χ0n) is 9.76. The van der Waals surface area contributed by atoms with Gasteiger partial charge in [0.2, 0.25) is 0 Å². The molecule has 0 saturated carbocycles. The van der Waals surface area contributed by atoms with Crippen LogP contribution in [0.4, 0.5) is 27.8 Å². The summed E-state index contributed by atoms with van der Waals surface area (Å²) in [6.45, 7) is -0.761. The highest BCUT2D eigenvalue weighted by Gasteiger charge is 2.41. The normalized spacial score (nSPS) is 12.0. The van der Waals surface area contributed by atoms with Gasteiger partial charge in [-0.1, -0.05) is 0 Å². The average Bonchev–Trinajstić information content (AvgIpc) is 2.33. The van der Waals surface area contributed by atoms with Crippen molar-refractivity contribution in [1.29, 1.82) is 0 Å². The lowest BCUT2D eigenvalue weighted by Crippen LogP contribution is -2.32. The van der Waals surface area contributed by atoms with Gasteiger partial charge < -0.3 is 10.2 Å². The minimum absolute atomic E-state index is 0.0813. The van der Waals surface area contributed by atoms with Crippen LogP contribution in [0.2, 0.25) is 0 Å². The number of nitrogens with two attached hydrogens (primary N) is 1. The Morgan fingerprint density at radius 1 is 1.37 bits per heavy atom. The van der Waals surface area contributed by atoms with E-state index in [1.165, 1.54) is 6.92 Å². The molecule has 3 N–H and O–H groups in total. The molecule has 108 valence electrons. The molecule has 0 bridgehead atoms.